The Morgan fingerprint density at radius 1 is 1.38 bits per heavy atom. The predicted octanol–water partition coefficient (Wildman–Crippen LogP) is 3.55. The number of hydrogen-bond acceptors (Lipinski definition) is 1. The molecule has 16 heavy (non-hydrogen) atoms. The first-order chi connectivity index (χ1) is 7.45. The van der Waals surface area contributed by atoms with Gasteiger partial charge in [0, 0.05) is 23.8 Å². The minimum absolute atomic E-state index is 0.0800. The molecule has 0 unspecified atom stereocenters. The Labute approximate surface area is 105 Å². The van der Waals surface area contributed by atoms with Crippen molar-refractivity contribution in [1.82, 2.24) is 4.90 Å². The van der Waals surface area contributed by atoms with E-state index in [1.54, 1.807) is 11.9 Å². The second-order valence-corrected chi connectivity index (χ2v) is 4.66. The van der Waals surface area contributed by atoms with Crippen molar-refractivity contribution in [1.29, 1.82) is 0 Å². The molecule has 0 saturated heterocycles. The van der Waals surface area contributed by atoms with Crippen LogP contribution in [0.1, 0.15) is 18.1 Å². The lowest BCUT2D eigenvalue weighted by atomic mass is 10.1. The van der Waals surface area contributed by atoms with Gasteiger partial charge >= 0.3 is 6.03 Å². The first-order valence-electron chi connectivity index (χ1n) is 5.24. The number of carbonyl (C=O) groups is 1. The van der Waals surface area contributed by atoms with Crippen LogP contribution in [0.5, 0.6) is 0 Å². The Balaban J connectivity index is 2.87. The topological polar surface area (TPSA) is 32.3 Å². The number of nitrogens with one attached hydrogen (secondary N) is 1. The van der Waals surface area contributed by atoms with E-state index in [0.29, 0.717) is 6.54 Å². The normalized spacial score (nSPS) is 10.1. The lowest BCUT2D eigenvalue weighted by molar-refractivity contribution is 0.224. The molecule has 0 fully saturated rings. The molecule has 1 rings (SSSR count). The monoisotopic (exact) mass is 284 g/mol. The summed E-state index contributed by atoms with van der Waals surface area (Å²) < 4.78 is 1.09. The van der Waals surface area contributed by atoms with Gasteiger partial charge < -0.3 is 10.2 Å². The first kappa shape index (κ1) is 13.0. The molecule has 2 amide bonds. The van der Waals surface area contributed by atoms with Crippen molar-refractivity contribution in [3.05, 3.63) is 27.7 Å². The number of benzene rings is 1. The molecule has 0 aliphatic carbocycles. The van der Waals surface area contributed by atoms with Crippen molar-refractivity contribution in [2.45, 2.75) is 20.8 Å². The fraction of sp³-hybridized carbons (Fsp3) is 0.417. The molecule has 1 aromatic rings. The van der Waals surface area contributed by atoms with Crippen molar-refractivity contribution in [3.8, 4) is 0 Å². The van der Waals surface area contributed by atoms with Crippen LogP contribution in [-0.2, 0) is 0 Å². The van der Waals surface area contributed by atoms with Crippen molar-refractivity contribution in [2.24, 2.45) is 0 Å². The Bertz CT molecular complexity index is 381. The maximum Gasteiger partial charge on any atom is 0.321 e. The fourth-order valence-corrected chi connectivity index (χ4v) is 1.61. The molecule has 0 saturated carbocycles. The van der Waals surface area contributed by atoms with Gasteiger partial charge in [-0.05, 0) is 44.0 Å². The number of amides is 2. The van der Waals surface area contributed by atoms with E-state index in [2.05, 4.69) is 21.2 Å². The molecular weight excluding hydrogens is 268 g/mol. The third-order valence-corrected chi connectivity index (χ3v) is 3.76. The highest BCUT2D eigenvalue weighted by molar-refractivity contribution is 9.10. The summed E-state index contributed by atoms with van der Waals surface area (Å²) in [7, 11) is 1.77. The van der Waals surface area contributed by atoms with Crippen LogP contribution in [-0.4, -0.2) is 24.5 Å². The second-order valence-electron chi connectivity index (χ2n) is 3.87. The number of nitrogens with zero attached hydrogens (tertiary/aromatic N) is 1. The molecule has 3 nitrogen and oxygen atoms in total. The number of anilines is 1. The van der Waals surface area contributed by atoms with E-state index >= 15 is 0 Å². The lowest BCUT2D eigenvalue weighted by Crippen LogP contribution is -2.30. The number of rotatable bonds is 2. The fourth-order valence-electron chi connectivity index (χ4n) is 1.38. The molecule has 4 heteroatoms. The number of hydrogen-bond donors (Lipinski definition) is 1. The van der Waals surface area contributed by atoms with E-state index in [0.717, 1.165) is 21.3 Å². The standard InChI is InChI=1S/C12H17BrN2O/c1-5-15(4)12(16)14-10-6-8(2)11(13)9(3)7-10/h6-7H,5H2,1-4H3,(H,14,16). The zero-order chi connectivity index (χ0) is 12.3. The maximum atomic E-state index is 11.7. The van der Waals surface area contributed by atoms with Crippen LogP contribution in [0.4, 0.5) is 10.5 Å². The summed E-state index contributed by atoms with van der Waals surface area (Å²) in [5, 5.41) is 2.87. The van der Waals surface area contributed by atoms with Gasteiger partial charge in [-0.3, -0.25) is 0 Å². The van der Waals surface area contributed by atoms with E-state index in [9.17, 15) is 4.79 Å². The van der Waals surface area contributed by atoms with Crippen molar-refractivity contribution in [2.75, 3.05) is 18.9 Å². The van der Waals surface area contributed by atoms with Gasteiger partial charge in [0.2, 0.25) is 0 Å². The van der Waals surface area contributed by atoms with Crippen LogP contribution < -0.4 is 5.32 Å². The second kappa shape index (κ2) is 5.34. The van der Waals surface area contributed by atoms with Crippen LogP contribution in [0.3, 0.4) is 0 Å². The summed E-state index contributed by atoms with van der Waals surface area (Å²) in [4.78, 5) is 13.3. The van der Waals surface area contributed by atoms with Gasteiger partial charge in [-0.25, -0.2) is 4.79 Å². The van der Waals surface area contributed by atoms with Crippen LogP contribution in [0.2, 0.25) is 0 Å². The third kappa shape index (κ3) is 2.98. The molecule has 0 radical (unpaired) electrons. The Kier molecular flexibility index (Phi) is 4.35. The molecule has 0 aliphatic heterocycles. The van der Waals surface area contributed by atoms with Gasteiger partial charge in [-0.1, -0.05) is 15.9 Å². The molecule has 0 aromatic heterocycles. The van der Waals surface area contributed by atoms with E-state index in [-0.39, 0.29) is 6.03 Å². The molecule has 88 valence electrons. The Hall–Kier alpha value is -1.03. The van der Waals surface area contributed by atoms with Gasteiger partial charge in [-0.2, -0.15) is 0 Å². The van der Waals surface area contributed by atoms with Crippen LogP contribution >= 0.6 is 15.9 Å². The van der Waals surface area contributed by atoms with E-state index in [1.807, 2.05) is 32.9 Å². The zero-order valence-corrected chi connectivity index (χ0v) is 11.7. The lowest BCUT2D eigenvalue weighted by Gasteiger charge is -2.16. The Morgan fingerprint density at radius 3 is 2.31 bits per heavy atom. The summed E-state index contributed by atoms with van der Waals surface area (Å²) >= 11 is 3.50. The number of halogens is 1. The third-order valence-electron chi connectivity index (χ3n) is 2.51. The molecule has 0 atom stereocenters. The molecular formula is C12H17BrN2O. The summed E-state index contributed by atoms with van der Waals surface area (Å²) in [6.45, 7) is 6.66. The van der Waals surface area contributed by atoms with E-state index in [4.69, 9.17) is 0 Å². The summed E-state index contributed by atoms with van der Waals surface area (Å²) in [5.41, 5.74) is 3.08. The quantitative estimate of drug-likeness (QED) is 0.885. The van der Waals surface area contributed by atoms with Gasteiger partial charge in [-0.15, -0.1) is 0 Å². The van der Waals surface area contributed by atoms with Crippen molar-refractivity contribution >= 4 is 27.6 Å². The average Bonchev–Trinajstić information content (AvgIpc) is 2.24. The van der Waals surface area contributed by atoms with E-state index in [1.165, 1.54) is 0 Å². The van der Waals surface area contributed by atoms with Gasteiger partial charge in [0.15, 0.2) is 0 Å². The average molecular weight is 285 g/mol. The largest absolute Gasteiger partial charge is 0.328 e. The zero-order valence-electron chi connectivity index (χ0n) is 10.1. The summed E-state index contributed by atoms with van der Waals surface area (Å²) in [5.74, 6) is 0. The Morgan fingerprint density at radius 2 is 1.88 bits per heavy atom. The highest BCUT2D eigenvalue weighted by atomic mass is 79.9. The molecule has 0 heterocycles. The molecule has 0 spiro atoms. The molecule has 1 aromatic carbocycles. The maximum absolute atomic E-state index is 11.7. The van der Waals surface area contributed by atoms with Crippen LogP contribution in [0.25, 0.3) is 0 Å². The van der Waals surface area contributed by atoms with Crippen molar-refractivity contribution in [3.63, 3.8) is 0 Å². The van der Waals surface area contributed by atoms with Gasteiger partial charge in [0.25, 0.3) is 0 Å². The highest BCUT2D eigenvalue weighted by Crippen LogP contribution is 2.25. The molecule has 0 bridgehead atoms. The SMILES string of the molecule is CCN(C)C(=O)Nc1cc(C)c(Br)c(C)c1. The van der Waals surface area contributed by atoms with Crippen molar-refractivity contribution < 1.29 is 4.79 Å². The molecule has 1 N–H and O–H groups in total. The summed E-state index contributed by atoms with van der Waals surface area (Å²) in [6.07, 6.45) is 0. The van der Waals surface area contributed by atoms with Gasteiger partial charge in [0.1, 0.15) is 0 Å². The number of urea groups is 1. The minimum Gasteiger partial charge on any atom is -0.328 e. The predicted molar refractivity (Wildman–Crippen MR) is 70.9 cm³/mol. The van der Waals surface area contributed by atoms with Gasteiger partial charge in [0.05, 0.1) is 0 Å². The smallest absolute Gasteiger partial charge is 0.321 e. The number of carbonyl (C=O) groups excluding carboxylic acids is 1. The van der Waals surface area contributed by atoms with E-state index < -0.39 is 0 Å². The minimum atomic E-state index is -0.0800. The molecule has 0 aliphatic rings. The van der Waals surface area contributed by atoms with Crippen LogP contribution in [0.15, 0.2) is 16.6 Å². The summed E-state index contributed by atoms with van der Waals surface area (Å²) in [6, 6.07) is 3.83. The van der Waals surface area contributed by atoms with Crippen LogP contribution in [0, 0.1) is 13.8 Å². The number of aryl methyl sites for hydroxylation is 2. The first-order valence-corrected chi connectivity index (χ1v) is 6.03. The highest BCUT2D eigenvalue weighted by Gasteiger charge is 2.08.